The predicted octanol–water partition coefficient (Wildman–Crippen LogP) is 7.57. The summed E-state index contributed by atoms with van der Waals surface area (Å²) in [4.78, 5) is 13.0. The normalized spacial score (nSPS) is 12.1. The summed E-state index contributed by atoms with van der Waals surface area (Å²) < 4.78 is 44.5. The van der Waals surface area contributed by atoms with Crippen LogP contribution in [0.4, 0.5) is 13.2 Å². The number of halogens is 3. The molecule has 4 nitrogen and oxygen atoms in total. The Morgan fingerprint density at radius 2 is 1.69 bits per heavy atom. The molecule has 182 valence electrons. The zero-order valence-corrected chi connectivity index (χ0v) is 19.7. The number of carbonyl (C=O) groups is 1. The molecule has 1 aromatic heterocycles. The molecule has 3 aromatic carbocycles. The zero-order valence-electron chi connectivity index (χ0n) is 19.7. The Morgan fingerprint density at radius 1 is 1.03 bits per heavy atom. The Hall–Kier alpha value is -4.31. The first kappa shape index (κ1) is 24.8. The van der Waals surface area contributed by atoms with Crippen molar-refractivity contribution in [2.75, 3.05) is 6.54 Å². The summed E-state index contributed by atoms with van der Waals surface area (Å²) in [6.45, 7) is 4.55. The predicted molar refractivity (Wildman–Crippen MR) is 134 cm³/mol. The minimum absolute atomic E-state index is 0.229. The fraction of sp³-hybridized carbons (Fsp3) is 0.172. The summed E-state index contributed by atoms with van der Waals surface area (Å²) in [6.07, 6.45) is -2.89. The van der Waals surface area contributed by atoms with Crippen LogP contribution in [0.15, 0.2) is 77.2 Å². The quantitative estimate of drug-likeness (QED) is 0.225. The molecule has 0 unspecified atom stereocenters. The Morgan fingerprint density at radius 3 is 2.31 bits per heavy atom. The van der Waals surface area contributed by atoms with Gasteiger partial charge in [-0.05, 0) is 41.3 Å². The Labute approximate surface area is 206 Å². The van der Waals surface area contributed by atoms with Crippen molar-refractivity contribution in [2.45, 2.75) is 20.0 Å². The maximum Gasteiger partial charge on any atom is 0.416 e. The second-order valence-corrected chi connectivity index (χ2v) is 8.77. The lowest BCUT2D eigenvalue weighted by Gasteiger charge is -2.09. The third-order valence-electron chi connectivity index (χ3n) is 5.62. The van der Waals surface area contributed by atoms with Crippen molar-refractivity contribution in [1.29, 1.82) is 5.26 Å². The number of benzene rings is 3. The SMILES string of the molecule is CC(C)CNC(=O)c1c(-c2ccc(/C(C#N)=C/c3ccc(C(F)(F)F)cc3)cc2)oc2ccccc12. The fourth-order valence-corrected chi connectivity index (χ4v) is 3.78. The molecule has 1 N–H and O–H groups in total. The van der Waals surface area contributed by atoms with Gasteiger partial charge >= 0.3 is 6.18 Å². The summed E-state index contributed by atoms with van der Waals surface area (Å²) in [5.74, 6) is 0.484. The van der Waals surface area contributed by atoms with Gasteiger partial charge in [0.25, 0.3) is 5.91 Å². The van der Waals surface area contributed by atoms with Gasteiger partial charge in [-0.1, -0.05) is 68.4 Å². The van der Waals surface area contributed by atoms with Crippen LogP contribution in [0.25, 0.3) is 33.9 Å². The molecule has 36 heavy (non-hydrogen) atoms. The van der Waals surface area contributed by atoms with Crippen molar-refractivity contribution in [3.8, 4) is 17.4 Å². The molecular weight excluding hydrogens is 465 g/mol. The standard InChI is InChI=1S/C29H23F3N2O2/c1-18(2)17-34-28(35)26-24-5-3-4-6-25(24)36-27(26)21-11-9-20(10-12-21)22(16-33)15-19-7-13-23(14-8-19)29(30,31)32/h3-15,18H,17H2,1-2H3,(H,34,35)/b22-15+. The van der Waals surface area contributed by atoms with Crippen molar-refractivity contribution in [3.63, 3.8) is 0 Å². The van der Waals surface area contributed by atoms with E-state index in [0.29, 0.717) is 51.1 Å². The molecule has 0 spiro atoms. The van der Waals surface area contributed by atoms with E-state index in [-0.39, 0.29) is 11.8 Å². The number of hydrogen-bond acceptors (Lipinski definition) is 3. The summed E-state index contributed by atoms with van der Waals surface area (Å²) in [5.41, 5.74) is 2.30. The second kappa shape index (κ2) is 10.1. The first-order chi connectivity index (χ1) is 17.2. The van der Waals surface area contributed by atoms with E-state index in [1.54, 1.807) is 30.3 Å². The van der Waals surface area contributed by atoms with Crippen LogP contribution in [0, 0.1) is 17.2 Å². The second-order valence-electron chi connectivity index (χ2n) is 8.77. The molecule has 0 fully saturated rings. The van der Waals surface area contributed by atoms with Crippen LogP contribution in [0.5, 0.6) is 0 Å². The van der Waals surface area contributed by atoms with E-state index < -0.39 is 11.7 Å². The van der Waals surface area contributed by atoms with Crippen LogP contribution < -0.4 is 5.32 Å². The number of allylic oxidation sites excluding steroid dienone is 1. The van der Waals surface area contributed by atoms with Gasteiger partial charge < -0.3 is 9.73 Å². The Balaban J connectivity index is 1.67. The molecule has 4 aromatic rings. The van der Waals surface area contributed by atoms with E-state index in [0.717, 1.165) is 12.1 Å². The maximum absolute atomic E-state index is 13.0. The van der Waals surface area contributed by atoms with Crippen molar-refractivity contribution in [1.82, 2.24) is 5.32 Å². The average molecular weight is 489 g/mol. The molecule has 0 saturated heterocycles. The van der Waals surface area contributed by atoms with Crippen LogP contribution in [0.1, 0.15) is 40.9 Å². The van der Waals surface area contributed by atoms with Gasteiger partial charge in [0.05, 0.1) is 22.8 Å². The molecule has 1 heterocycles. The van der Waals surface area contributed by atoms with Gasteiger partial charge in [0.1, 0.15) is 11.3 Å². The highest BCUT2D eigenvalue weighted by Gasteiger charge is 2.29. The Kier molecular flexibility index (Phi) is 6.98. The highest BCUT2D eigenvalue weighted by Crippen LogP contribution is 2.34. The molecular formula is C29H23F3N2O2. The Bertz CT molecular complexity index is 1460. The van der Waals surface area contributed by atoms with Crippen molar-refractivity contribution < 1.29 is 22.4 Å². The molecule has 4 rings (SSSR count). The van der Waals surface area contributed by atoms with E-state index in [1.807, 2.05) is 32.0 Å². The third-order valence-corrected chi connectivity index (χ3v) is 5.62. The van der Waals surface area contributed by atoms with Gasteiger partial charge in [0, 0.05) is 17.5 Å². The van der Waals surface area contributed by atoms with Gasteiger partial charge in [-0.3, -0.25) is 4.79 Å². The van der Waals surface area contributed by atoms with E-state index in [1.165, 1.54) is 18.2 Å². The van der Waals surface area contributed by atoms with E-state index in [4.69, 9.17) is 4.42 Å². The van der Waals surface area contributed by atoms with Crippen molar-refractivity contribution >= 4 is 28.5 Å². The number of hydrogen-bond donors (Lipinski definition) is 1. The van der Waals surface area contributed by atoms with Gasteiger partial charge in [-0.2, -0.15) is 18.4 Å². The first-order valence-corrected chi connectivity index (χ1v) is 11.4. The molecule has 0 radical (unpaired) electrons. The van der Waals surface area contributed by atoms with Gasteiger partial charge in [-0.15, -0.1) is 0 Å². The van der Waals surface area contributed by atoms with E-state index in [9.17, 15) is 23.2 Å². The average Bonchev–Trinajstić information content (AvgIpc) is 3.25. The largest absolute Gasteiger partial charge is 0.455 e. The lowest BCUT2D eigenvalue weighted by Crippen LogP contribution is -2.27. The molecule has 0 aliphatic rings. The number of para-hydroxylation sites is 1. The molecule has 0 aliphatic heterocycles. The maximum atomic E-state index is 13.0. The number of rotatable bonds is 6. The summed E-state index contributed by atoms with van der Waals surface area (Å²) in [7, 11) is 0. The van der Waals surface area contributed by atoms with Crippen LogP contribution >= 0.6 is 0 Å². The highest BCUT2D eigenvalue weighted by atomic mass is 19.4. The van der Waals surface area contributed by atoms with E-state index >= 15 is 0 Å². The van der Waals surface area contributed by atoms with Crippen LogP contribution in [-0.4, -0.2) is 12.5 Å². The van der Waals surface area contributed by atoms with Crippen molar-refractivity contribution in [2.24, 2.45) is 5.92 Å². The number of furan rings is 1. The number of fused-ring (bicyclic) bond motifs is 1. The summed E-state index contributed by atoms with van der Waals surface area (Å²) >= 11 is 0. The third kappa shape index (κ3) is 5.33. The molecule has 7 heteroatoms. The molecule has 0 saturated carbocycles. The number of nitrogens with zero attached hydrogens (tertiary/aromatic N) is 1. The zero-order chi connectivity index (χ0) is 25.9. The molecule has 1 amide bonds. The lowest BCUT2D eigenvalue weighted by molar-refractivity contribution is -0.137. The van der Waals surface area contributed by atoms with Crippen LogP contribution in [0.2, 0.25) is 0 Å². The molecule has 0 aliphatic carbocycles. The van der Waals surface area contributed by atoms with Gasteiger partial charge in [0.15, 0.2) is 0 Å². The summed E-state index contributed by atoms with van der Waals surface area (Å²) in [5, 5.41) is 13.3. The topological polar surface area (TPSA) is 66.0 Å². The number of nitriles is 1. The fourth-order valence-electron chi connectivity index (χ4n) is 3.78. The monoisotopic (exact) mass is 488 g/mol. The molecule has 0 atom stereocenters. The molecule has 0 bridgehead atoms. The van der Waals surface area contributed by atoms with Gasteiger partial charge in [-0.25, -0.2) is 0 Å². The first-order valence-electron chi connectivity index (χ1n) is 11.4. The smallest absolute Gasteiger partial charge is 0.416 e. The lowest BCUT2D eigenvalue weighted by atomic mass is 9.99. The number of nitrogens with one attached hydrogen (secondary N) is 1. The number of amides is 1. The number of carbonyl (C=O) groups excluding carboxylic acids is 1. The minimum atomic E-state index is -4.42. The highest BCUT2D eigenvalue weighted by molar-refractivity contribution is 6.11. The summed E-state index contributed by atoms with van der Waals surface area (Å²) in [6, 6.07) is 21.0. The number of alkyl halides is 3. The van der Waals surface area contributed by atoms with E-state index in [2.05, 4.69) is 11.4 Å². The minimum Gasteiger partial charge on any atom is -0.455 e. The van der Waals surface area contributed by atoms with Crippen LogP contribution in [0.3, 0.4) is 0 Å². The van der Waals surface area contributed by atoms with Crippen molar-refractivity contribution in [3.05, 3.63) is 95.1 Å². The van der Waals surface area contributed by atoms with Crippen LogP contribution in [-0.2, 0) is 6.18 Å². The van der Waals surface area contributed by atoms with Gasteiger partial charge in [0.2, 0.25) is 0 Å².